The van der Waals surface area contributed by atoms with Crippen LogP contribution < -0.4 is 0 Å². The average Bonchev–Trinajstić information content (AvgIpc) is 3.75. The predicted molar refractivity (Wildman–Crippen MR) is 194 cm³/mol. The average molecular weight is 589 g/mol. The second-order valence-electron chi connectivity index (χ2n) is 12.1. The highest BCUT2D eigenvalue weighted by atomic mass is 32.1. The van der Waals surface area contributed by atoms with Gasteiger partial charge in [0.25, 0.3) is 0 Å². The van der Waals surface area contributed by atoms with Gasteiger partial charge >= 0.3 is 0 Å². The van der Waals surface area contributed by atoms with Gasteiger partial charge in [0.1, 0.15) is 0 Å². The number of thiophene rings is 1. The first-order chi connectivity index (χ1) is 22.3. The number of hydrogen-bond acceptors (Lipinski definition) is 1. The molecule has 0 unspecified atom stereocenters. The fourth-order valence-corrected chi connectivity index (χ4v) is 9.24. The molecule has 0 aliphatic heterocycles. The van der Waals surface area contributed by atoms with E-state index in [1.165, 1.54) is 96.7 Å². The van der Waals surface area contributed by atoms with E-state index in [0.29, 0.717) is 0 Å². The number of fused-ring (bicyclic) bond motifs is 9. The van der Waals surface area contributed by atoms with Gasteiger partial charge in [-0.15, -0.1) is 11.3 Å². The van der Waals surface area contributed by atoms with Crippen LogP contribution in [0.2, 0.25) is 0 Å². The molecule has 11 rings (SSSR count). The normalized spacial score (nSPS) is 12.4. The maximum absolute atomic E-state index is 2.52. The molecule has 0 radical (unpaired) electrons. The van der Waals surface area contributed by atoms with Gasteiger partial charge in [0.15, 0.2) is 0 Å². The molecule has 0 aliphatic carbocycles. The fourth-order valence-electron chi connectivity index (χ4n) is 8.08. The lowest BCUT2D eigenvalue weighted by atomic mass is 9.93. The molecular formula is C42H24N2S. The molecule has 0 saturated carbocycles. The van der Waals surface area contributed by atoms with Gasteiger partial charge in [-0.25, -0.2) is 0 Å². The van der Waals surface area contributed by atoms with Gasteiger partial charge in [-0.2, -0.15) is 0 Å². The Morgan fingerprint density at radius 1 is 0.333 bits per heavy atom. The van der Waals surface area contributed by atoms with Crippen LogP contribution in [0, 0.1) is 0 Å². The molecule has 11 aromatic rings. The molecule has 208 valence electrons. The van der Waals surface area contributed by atoms with E-state index in [1.54, 1.807) is 0 Å². The fraction of sp³-hybridized carbons (Fsp3) is 0. The van der Waals surface area contributed by atoms with E-state index >= 15 is 0 Å². The first kappa shape index (κ1) is 23.8. The third kappa shape index (κ3) is 2.98. The second kappa shape index (κ2) is 8.50. The van der Waals surface area contributed by atoms with Crippen molar-refractivity contribution in [1.29, 1.82) is 0 Å². The number of para-hydroxylation sites is 3. The maximum Gasteiger partial charge on any atom is 0.0549 e. The zero-order valence-electron chi connectivity index (χ0n) is 24.2. The highest BCUT2D eigenvalue weighted by molar-refractivity contribution is 7.26. The Kier molecular flexibility index (Phi) is 4.49. The summed E-state index contributed by atoms with van der Waals surface area (Å²) in [7, 11) is 0. The van der Waals surface area contributed by atoms with Crippen LogP contribution in [0.4, 0.5) is 0 Å². The van der Waals surface area contributed by atoms with E-state index in [9.17, 15) is 0 Å². The van der Waals surface area contributed by atoms with Crippen molar-refractivity contribution < 1.29 is 0 Å². The van der Waals surface area contributed by atoms with E-state index in [-0.39, 0.29) is 0 Å². The molecule has 0 amide bonds. The largest absolute Gasteiger partial charge is 0.309 e. The summed E-state index contributed by atoms with van der Waals surface area (Å²) >= 11 is 1.90. The minimum absolute atomic E-state index is 1.18. The molecule has 0 aliphatic rings. The second-order valence-corrected chi connectivity index (χ2v) is 13.2. The molecule has 0 saturated heterocycles. The van der Waals surface area contributed by atoms with Gasteiger partial charge in [0.2, 0.25) is 0 Å². The van der Waals surface area contributed by atoms with E-state index in [4.69, 9.17) is 0 Å². The summed E-state index contributed by atoms with van der Waals surface area (Å²) in [6.07, 6.45) is 0. The molecule has 8 aromatic carbocycles. The van der Waals surface area contributed by atoms with Crippen LogP contribution in [-0.4, -0.2) is 9.13 Å². The summed E-state index contributed by atoms with van der Waals surface area (Å²) < 4.78 is 7.65. The first-order valence-electron chi connectivity index (χ1n) is 15.5. The van der Waals surface area contributed by atoms with Gasteiger partial charge in [-0.05, 0) is 70.8 Å². The summed E-state index contributed by atoms with van der Waals surface area (Å²) in [4.78, 5) is 0. The molecule has 3 aromatic heterocycles. The van der Waals surface area contributed by atoms with Crippen molar-refractivity contribution in [3.05, 3.63) is 146 Å². The van der Waals surface area contributed by atoms with Gasteiger partial charge in [-0.3, -0.25) is 0 Å². The van der Waals surface area contributed by atoms with E-state index < -0.39 is 0 Å². The summed E-state index contributed by atoms with van der Waals surface area (Å²) in [6, 6.07) is 53.8. The van der Waals surface area contributed by atoms with Crippen molar-refractivity contribution in [2.75, 3.05) is 0 Å². The molecule has 0 bridgehead atoms. The standard InChI is InChI=1S/C42H24N2S/c1-2-11-25(12-3-1)43-33-18-6-4-13-26(33)31-24-37-32(23-36(31)43)27-14-5-7-19-34(27)44(37)35-20-8-15-28-29-16-9-21-38-41(29)42-30(40(28)35)17-10-22-39(42)45-38/h1-24H. The predicted octanol–water partition coefficient (Wildman–Crippen LogP) is 12.0. The highest BCUT2D eigenvalue weighted by Gasteiger charge is 2.22. The molecule has 0 fully saturated rings. The zero-order chi connectivity index (χ0) is 29.2. The molecule has 3 heteroatoms. The lowest BCUT2D eigenvalue weighted by Crippen LogP contribution is -1.97. The third-order valence-electron chi connectivity index (χ3n) is 9.85. The summed E-state index contributed by atoms with van der Waals surface area (Å²) in [5, 5.41) is 13.1. The van der Waals surface area contributed by atoms with Gasteiger partial charge in [0, 0.05) is 52.8 Å². The molecular weight excluding hydrogens is 565 g/mol. The van der Waals surface area contributed by atoms with Crippen molar-refractivity contribution in [3.63, 3.8) is 0 Å². The van der Waals surface area contributed by atoms with Crippen molar-refractivity contribution in [3.8, 4) is 11.4 Å². The van der Waals surface area contributed by atoms with Gasteiger partial charge in [0.05, 0.1) is 27.8 Å². The summed E-state index contributed by atoms with van der Waals surface area (Å²) in [5.74, 6) is 0. The monoisotopic (exact) mass is 588 g/mol. The van der Waals surface area contributed by atoms with Crippen molar-refractivity contribution in [2.45, 2.75) is 0 Å². The summed E-state index contributed by atoms with van der Waals surface area (Å²) in [6.45, 7) is 0. The van der Waals surface area contributed by atoms with E-state index in [1.807, 2.05) is 11.3 Å². The van der Waals surface area contributed by atoms with Crippen LogP contribution in [0.3, 0.4) is 0 Å². The van der Waals surface area contributed by atoms with Crippen LogP contribution in [0.5, 0.6) is 0 Å². The van der Waals surface area contributed by atoms with Crippen molar-refractivity contribution in [2.24, 2.45) is 0 Å². The van der Waals surface area contributed by atoms with Gasteiger partial charge in [-0.1, -0.05) is 91.0 Å². The Labute approximate surface area is 261 Å². The van der Waals surface area contributed by atoms with Crippen molar-refractivity contribution in [1.82, 2.24) is 9.13 Å². The number of rotatable bonds is 2. The Bertz CT molecular complexity index is 2970. The first-order valence-corrected chi connectivity index (χ1v) is 16.3. The SMILES string of the molecule is c1ccc(-n2c3ccccc3c3cc4c(cc32)c2ccccc2n4-c2cccc3c4cccc5sc6cccc(c23)c6c54)cc1. The minimum Gasteiger partial charge on any atom is -0.309 e. The Morgan fingerprint density at radius 3 is 1.56 bits per heavy atom. The Morgan fingerprint density at radius 2 is 0.844 bits per heavy atom. The number of benzene rings is 8. The zero-order valence-corrected chi connectivity index (χ0v) is 25.0. The summed E-state index contributed by atoms with van der Waals surface area (Å²) in [5.41, 5.74) is 7.32. The molecule has 0 atom stereocenters. The molecule has 3 heterocycles. The van der Waals surface area contributed by atoms with Crippen molar-refractivity contribution >= 4 is 96.7 Å². The van der Waals surface area contributed by atoms with Crippen LogP contribution in [0.25, 0.3) is 96.7 Å². The lowest BCUT2D eigenvalue weighted by molar-refractivity contribution is 1.18. The quantitative estimate of drug-likeness (QED) is 0.178. The number of nitrogens with zero attached hydrogens (tertiary/aromatic N) is 2. The number of aromatic nitrogens is 2. The van der Waals surface area contributed by atoms with E-state index in [2.05, 4.69) is 155 Å². The number of hydrogen-bond donors (Lipinski definition) is 0. The topological polar surface area (TPSA) is 9.86 Å². The van der Waals surface area contributed by atoms with Crippen LogP contribution in [0.1, 0.15) is 0 Å². The molecule has 45 heavy (non-hydrogen) atoms. The third-order valence-corrected chi connectivity index (χ3v) is 11.0. The maximum atomic E-state index is 2.52. The van der Waals surface area contributed by atoms with Crippen LogP contribution in [-0.2, 0) is 0 Å². The van der Waals surface area contributed by atoms with Crippen LogP contribution >= 0.6 is 11.3 Å². The Hall–Kier alpha value is -5.64. The van der Waals surface area contributed by atoms with Crippen LogP contribution in [0.15, 0.2) is 146 Å². The molecule has 0 N–H and O–H groups in total. The van der Waals surface area contributed by atoms with Gasteiger partial charge < -0.3 is 9.13 Å². The Balaban J connectivity index is 1.35. The lowest BCUT2D eigenvalue weighted by Gasteiger charge is -2.16. The highest BCUT2D eigenvalue weighted by Crippen LogP contribution is 2.47. The molecule has 0 spiro atoms. The smallest absolute Gasteiger partial charge is 0.0549 e. The van der Waals surface area contributed by atoms with E-state index in [0.717, 1.165) is 0 Å². The molecule has 2 nitrogen and oxygen atoms in total. The minimum atomic E-state index is 1.18.